The molecule has 1 rings (SSSR count). The number of nitrogens with one attached hydrogen (secondary N) is 2. The fourth-order valence-electron chi connectivity index (χ4n) is 1.31. The molecule has 0 aliphatic heterocycles. The van der Waals surface area contributed by atoms with Crippen molar-refractivity contribution in [2.45, 2.75) is 6.92 Å². The van der Waals surface area contributed by atoms with Gasteiger partial charge in [0, 0.05) is 31.4 Å². The highest BCUT2D eigenvalue weighted by atomic mass is 35.5. The van der Waals surface area contributed by atoms with Gasteiger partial charge in [-0.1, -0.05) is 11.6 Å². The van der Waals surface area contributed by atoms with Gasteiger partial charge in [-0.15, -0.1) is 0 Å². The second kappa shape index (κ2) is 5.72. The number of nitrogens with zero attached hydrogens (tertiary/aromatic N) is 1. The number of carbonyl (C=O) groups excluding carboxylic acids is 1. The fourth-order valence-corrected chi connectivity index (χ4v) is 1.48. The van der Waals surface area contributed by atoms with Crippen molar-refractivity contribution in [3.63, 3.8) is 0 Å². The van der Waals surface area contributed by atoms with Crippen molar-refractivity contribution >= 4 is 23.2 Å². The van der Waals surface area contributed by atoms with Crippen molar-refractivity contribution < 1.29 is 4.79 Å². The smallest absolute Gasteiger partial charge is 0.267 e. The second-order valence-electron chi connectivity index (χ2n) is 3.56. The molecule has 0 spiro atoms. The first kappa shape index (κ1) is 12.8. The molecule has 16 heavy (non-hydrogen) atoms. The van der Waals surface area contributed by atoms with E-state index in [1.807, 2.05) is 6.92 Å². The highest BCUT2D eigenvalue weighted by Crippen LogP contribution is 2.20. The first-order valence-electron chi connectivity index (χ1n) is 5.06. The Hall–Kier alpha value is -1.26. The lowest BCUT2D eigenvalue weighted by atomic mass is 10.1. The minimum atomic E-state index is -0.177. The van der Waals surface area contributed by atoms with Crippen molar-refractivity contribution in [2.75, 3.05) is 26.0 Å². The van der Waals surface area contributed by atoms with E-state index >= 15 is 0 Å². The van der Waals surface area contributed by atoms with Crippen molar-refractivity contribution in [1.82, 2.24) is 10.4 Å². The maximum absolute atomic E-state index is 11.9. The van der Waals surface area contributed by atoms with Crippen LogP contribution in [0.4, 0.5) is 5.69 Å². The van der Waals surface area contributed by atoms with Gasteiger partial charge in [0.1, 0.15) is 0 Å². The lowest BCUT2D eigenvalue weighted by Gasteiger charge is -2.15. The van der Waals surface area contributed by atoms with Crippen LogP contribution < -0.4 is 10.7 Å². The Morgan fingerprint density at radius 3 is 2.69 bits per heavy atom. The predicted octanol–water partition coefficient (Wildman–Crippen LogP) is 1.98. The number of amides is 1. The Labute approximate surface area is 101 Å². The molecule has 0 unspecified atom stereocenters. The summed E-state index contributed by atoms with van der Waals surface area (Å²) in [6.45, 7) is 2.73. The lowest BCUT2D eigenvalue weighted by Crippen LogP contribution is -2.36. The molecule has 1 aromatic rings. The summed E-state index contributed by atoms with van der Waals surface area (Å²) in [6.07, 6.45) is 0. The maximum atomic E-state index is 11.9. The summed E-state index contributed by atoms with van der Waals surface area (Å²) in [7, 11) is 3.52. The zero-order chi connectivity index (χ0) is 12.1. The Morgan fingerprint density at radius 1 is 1.44 bits per heavy atom. The van der Waals surface area contributed by atoms with Crippen LogP contribution in [0.15, 0.2) is 18.2 Å². The molecule has 5 heteroatoms. The molecule has 2 N–H and O–H groups in total. The molecular weight excluding hydrogens is 226 g/mol. The van der Waals surface area contributed by atoms with Gasteiger partial charge in [0.15, 0.2) is 0 Å². The van der Waals surface area contributed by atoms with Crippen LogP contribution >= 0.6 is 11.6 Å². The Kier molecular flexibility index (Phi) is 4.58. The van der Waals surface area contributed by atoms with E-state index in [1.165, 1.54) is 0 Å². The third kappa shape index (κ3) is 3.40. The summed E-state index contributed by atoms with van der Waals surface area (Å²) in [5.41, 5.74) is 4.01. The largest absolute Gasteiger partial charge is 0.385 e. The second-order valence-corrected chi connectivity index (χ2v) is 3.99. The van der Waals surface area contributed by atoms with Gasteiger partial charge < -0.3 is 5.32 Å². The lowest BCUT2D eigenvalue weighted by molar-refractivity contribution is 0.0858. The SMILES string of the molecule is CCNc1ccc(Cl)cc1C(=O)NN(C)C. The first-order chi connectivity index (χ1) is 7.54. The van der Waals surface area contributed by atoms with E-state index in [9.17, 15) is 4.79 Å². The summed E-state index contributed by atoms with van der Waals surface area (Å²) in [5, 5.41) is 5.26. The van der Waals surface area contributed by atoms with Crippen LogP contribution in [-0.2, 0) is 0 Å². The molecular formula is C11H16ClN3O. The molecule has 0 aromatic heterocycles. The number of benzene rings is 1. The fraction of sp³-hybridized carbons (Fsp3) is 0.364. The predicted molar refractivity (Wildman–Crippen MR) is 66.8 cm³/mol. The van der Waals surface area contributed by atoms with Crippen LogP contribution in [0.3, 0.4) is 0 Å². The van der Waals surface area contributed by atoms with E-state index < -0.39 is 0 Å². The van der Waals surface area contributed by atoms with Crippen molar-refractivity contribution in [3.05, 3.63) is 28.8 Å². The number of rotatable bonds is 4. The molecule has 0 atom stereocenters. The van der Waals surface area contributed by atoms with Crippen LogP contribution in [0.25, 0.3) is 0 Å². The Morgan fingerprint density at radius 2 is 2.12 bits per heavy atom. The minimum absolute atomic E-state index is 0.177. The van der Waals surface area contributed by atoms with Gasteiger partial charge in [-0.2, -0.15) is 0 Å². The molecule has 0 saturated heterocycles. The quantitative estimate of drug-likeness (QED) is 0.793. The highest BCUT2D eigenvalue weighted by Gasteiger charge is 2.11. The van der Waals surface area contributed by atoms with Gasteiger partial charge in [0.05, 0.1) is 5.56 Å². The molecule has 0 aliphatic carbocycles. The van der Waals surface area contributed by atoms with E-state index in [0.29, 0.717) is 10.6 Å². The third-order valence-electron chi connectivity index (χ3n) is 1.92. The summed E-state index contributed by atoms with van der Waals surface area (Å²) in [6, 6.07) is 5.21. The van der Waals surface area contributed by atoms with E-state index in [0.717, 1.165) is 12.2 Å². The molecule has 0 heterocycles. The monoisotopic (exact) mass is 241 g/mol. The standard InChI is InChI=1S/C11H16ClN3O/c1-4-13-10-6-5-8(12)7-9(10)11(16)14-15(2)3/h5-7,13H,4H2,1-3H3,(H,14,16). The summed E-state index contributed by atoms with van der Waals surface area (Å²) < 4.78 is 0. The van der Waals surface area contributed by atoms with Gasteiger partial charge in [-0.3, -0.25) is 10.2 Å². The summed E-state index contributed by atoms with van der Waals surface area (Å²) in [4.78, 5) is 11.9. The zero-order valence-corrected chi connectivity index (χ0v) is 10.4. The van der Waals surface area contributed by atoms with Gasteiger partial charge >= 0.3 is 0 Å². The Bertz CT molecular complexity index is 379. The van der Waals surface area contributed by atoms with Crippen LogP contribution in [0.1, 0.15) is 17.3 Å². The maximum Gasteiger partial charge on any atom is 0.267 e. The number of hydrogen-bond donors (Lipinski definition) is 2. The average Bonchev–Trinajstić information content (AvgIpc) is 2.20. The molecule has 1 amide bonds. The highest BCUT2D eigenvalue weighted by molar-refractivity contribution is 6.31. The molecule has 0 radical (unpaired) electrons. The molecule has 4 nitrogen and oxygen atoms in total. The van der Waals surface area contributed by atoms with Crippen molar-refractivity contribution in [2.24, 2.45) is 0 Å². The first-order valence-corrected chi connectivity index (χ1v) is 5.44. The number of carbonyl (C=O) groups is 1. The molecule has 0 fully saturated rings. The number of anilines is 1. The average molecular weight is 242 g/mol. The zero-order valence-electron chi connectivity index (χ0n) is 9.67. The number of hydrazine groups is 1. The Balaban J connectivity index is 2.99. The molecule has 0 aliphatic rings. The van der Waals surface area contributed by atoms with Gasteiger partial charge in [-0.05, 0) is 25.1 Å². The van der Waals surface area contributed by atoms with E-state index in [4.69, 9.17) is 11.6 Å². The molecule has 1 aromatic carbocycles. The topological polar surface area (TPSA) is 44.4 Å². The van der Waals surface area contributed by atoms with Crippen LogP contribution in [-0.4, -0.2) is 31.6 Å². The van der Waals surface area contributed by atoms with Gasteiger partial charge in [0.25, 0.3) is 5.91 Å². The van der Waals surface area contributed by atoms with Crippen LogP contribution in [0, 0.1) is 0 Å². The summed E-state index contributed by atoms with van der Waals surface area (Å²) >= 11 is 5.88. The third-order valence-corrected chi connectivity index (χ3v) is 2.15. The molecule has 88 valence electrons. The molecule has 0 saturated carbocycles. The number of hydrogen-bond acceptors (Lipinski definition) is 3. The normalized spacial score (nSPS) is 10.3. The molecule has 0 bridgehead atoms. The van der Waals surface area contributed by atoms with Gasteiger partial charge in [-0.25, -0.2) is 5.01 Å². The minimum Gasteiger partial charge on any atom is -0.385 e. The van der Waals surface area contributed by atoms with Crippen LogP contribution in [0.5, 0.6) is 0 Å². The van der Waals surface area contributed by atoms with Gasteiger partial charge in [0.2, 0.25) is 0 Å². The summed E-state index contributed by atoms with van der Waals surface area (Å²) in [5.74, 6) is -0.177. The van der Waals surface area contributed by atoms with E-state index in [1.54, 1.807) is 37.3 Å². The van der Waals surface area contributed by atoms with E-state index in [-0.39, 0.29) is 5.91 Å². The van der Waals surface area contributed by atoms with E-state index in [2.05, 4.69) is 10.7 Å². The van der Waals surface area contributed by atoms with Crippen molar-refractivity contribution in [1.29, 1.82) is 0 Å². The number of halogens is 1. The van der Waals surface area contributed by atoms with Crippen LogP contribution in [0.2, 0.25) is 5.02 Å². The van der Waals surface area contributed by atoms with Crippen molar-refractivity contribution in [3.8, 4) is 0 Å².